The molecule has 0 aliphatic rings. The third kappa shape index (κ3) is 2.72. The fraction of sp³-hybridized carbons (Fsp3) is 0.125. The number of esters is 1. The fourth-order valence-corrected chi connectivity index (χ4v) is 2.08. The van der Waals surface area contributed by atoms with Crippen LogP contribution in [-0.4, -0.2) is 23.0 Å². The number of benzene rings is 1. The van der Waals surface area contributed by atoms with Crippen LogP contribution in [0.4, 0.5) is 0 Å². The minimum absolute atomic E-state index is 0.342. The molecule has 0 saturated heterocycles. The first-order chi connectivity index (χ1) is 10.3. The van der Waals surface area contributed by atoms with Crippen LogP contribution in [0.5, 0.6) is 5.75 Å². The van der Waals surface area contributed by atoms with Crippen molar-refractivity contribution >= 4 is 17.0 Å². The summed E-state index contributed by atoms with van der Waals surface area (Å²) < 4.78 is 10.5. The smallest absolute Gasteiger partial charge is 0.337 e. The van der Waals surface area contributed by atoms with E-state index in [2.05, 4.69) is 14.7 Å². The van der Waals surface area contributed by atoms with Gasteiger partial charge in [-0.05, 0) is 29.8 Å². The topological polar surface area (TPSA) is 64.2 Å². The second-order valence-corrected chi connectivity index (χ2v) is 4.53. The Morgan fingerprint density at radius 2 is 2.00 bits per heavy atom. The zero-order chi connectivity index (χ0) is 14.7. The Bertz CT molecular complexity index is 763. The van der Waals surface area contributed by atoms with Crippen LogP contribution in [0.15, 0.2) is 48.8 Å². The van der Waals surface area contributed by atoms with Crippen LogP contribution in [0.1, 0.15) is 15.9 Å². The number of hydrogen-bond donors (Lipinski definition) is 1. The summed E-state index contributed by atoms with van der Waals surface area (Å²) in [6.07, 6.45) is 3.53. The van der Waals surface area contributed by atoms with Crippen molar-refractivity contribution in [1.29, 1.82) is 0 Å². The molecule has 5 nitrogen and oxygen atoms in total. The predicted octanol–water partition coefficient (Wildman–Crippen LogP) is 2.93. The monoisotopic (exact) mass is 282 g/mol. The number of aromatic amines is 1. The summed E-state index contributed by atoms with van der Waals surface area (Å²) in [6.45, 7) is 0.422. The van der Waals surface area contributed by atoms with E-state index in [1.54, 1.807) is 18.3 Å². The molecule has 1 N–H and O–H groups in total. The van der Waals surface area contributed by atoms with Crippen molar-refractivity contribution in [2.75, 3.05) is 7.11 Å². The van der Waals surface area contributed by atoms with Gasteiger partial charge in [0, 0.05) is 12.4 Å². The van der Waals surface area contributed by atoms with Gasteiger partial charge in [0.15, 0.2) is 0 Å². The first-order valence-corrected chi connectivity index (χ1v) is 6.50. The van der Waals surface area contributed by atoms with E-state index in [4.69, 9.17) is 4.74 Å². The van der Waals surface area contributed by atoms with Crippen molar-refractivity contribution in [3.63, 3.8) is 0 Å². The van der Waals surface area contributed by atoms with Crippen LogP contribution in [0.3, 0.4) is 0 Å². The van der Waals surface area contributed by atoms with Gasteiger partial charge in [0.1, 0.15) is 18.0 Å². The predicted molar refractivity (Wildman–Crippen MR) is 78.2 cm³/mol. The molecule has 0 bridgehead atoms. The van der Waals surface area contributed by atoms with Gasteiger partial charge in [-0.25, -0.2) is 9.78 Å². The molecule has 1 aromatic carbocycles. The van der Waals surface area contributed by atoms with Crippen LogP contribution in [0.2, 0.25) is 0 Å². The highest BCUT2D eigenvalue weighted by Gasteiger charge is 2.06. The average molecular weight is 282 g/mol. The summed E-state index contributed by atoms with van der Waals surface area (Å²) in [5, 5.41) is 0.948. The molecule has 2 heterocycles. The maximum Gasteiger partial charge on any atom is 0.337 e. The van der Waals surface area contributed by atoms with Gasteiger partial charge in [0.25, 0.3) is 0 Å². The maximum absolute atomic E-state index is 11.4. The van der Waals surface area contributed by atoms with E-state index in [-0.39, 0.29) is 5.97 Å². The molecule has 0 aliphatic heterocycles. The summed E-state index contributed by atoms with van der Waals surface area (Å²) in [7, 11) is 1.37. The Hall–Kier alpha value is -2.82. The lowest BCUT2D eigenvalue weighted by Crippen LogP contribution is -2.02. The number of carbonyl (C=O) groups excluding carboxylic acids is 1. The summed E-state index contributed by atoms with van der Waals surface area (Å²) >= 11 is 0. The second-order valence-electron chi connectivity index (χ2n) is 4.53. The Morgan fingerprint density at radius 3 is 2.76 bits per heavy atom. The normalized spacial score (nSPS) is 10.5. The lowest BCUT2D eigenvalue weighted by molar-refractivity contribution is 0.0600. The number of fused-ring (bicyclic) bond motifs is 1. The van der Waals surface area contributed by atoms with Crippen LogP contribution >= 0.6 is 0 Å². The molecule has 21 heavy (non-hydrogen) atoms. The van der Waals surface area contributed by atoms with Gasteiger partial charge in [0.05, 0.1) is 18.1 Å². The van der Waals surface area contributed by atoms with E-state index in [1.165, 1.54) is 7.11 Å². The number of pyridine rings is 1. The minimum Gasteiger partial charge on any atom is -0.488 e. The zero-order valence-corrected chi connectivity index (χ0v) is 11.5. The molecule has 0 spiro atoms. The number of rotatable bonds is 4. The van der Waals surface area contributed by atoms with Crippen molar-refractivity contribution in [2.45, 2.75) is 6.61 Å². The van der Waals surface area contributed by atoms with Gasteiger partial charge in [0.2, 0.25) is 0 Å². The molecule has 3 aromatic rings. The molecule has 0 unspecified atom stereocenters. The molecular formula is C16H14N2O3. The Kier molecular flexibility index (Phi) is 3.55. The van der Waals surface area contributed by atoms with Gasteiger partial charge >= 0.3 is 5.97 Å². The summed E-state index contributed by atoms with van der Waals surface area (Å²) in [4.78, 5) is 18.6. The largest absolute Gasteiger partial charge is 0.488 e. The van der Waals surface area contributed by atoms with E-state index < -0.39 is 0 Å². The quantitative estimate of drug-likeness (QED) is 0.747. The van der Waals surface area contributed by atoms with Crippen LogP contribution in [-0.2, 0) is 11.3 Å². The number of nitrogens with zero attached hydrogens (tertiary/aromatic N) is 1. The van der Waals surface area contributed by atoms with Crippen LogP contribution in [0.25, 0.3) is 11.0 Å². The van der Waals surface area contributed by atoms with E-state index in [1.807, 2.05) is 30.5 Å². The molecule has 5 heteroatoms. The first kappa shape index (κ1) is 13.2. The molecule has 3 rings (SSSR count). The lowest BCUT2D eigenvalue weighted by atomic mass is 10.1. The second kappa shape index (κ2) is 5.66. The highest BCUT2D eigenvalue weighted by molar-refractivity contribution is 5.89. The first-order valence-electron chi connectivity index (χ1n) is 6.50. The number of nitrogens with one attached hydrogen (secondary N) is 1. The molecule has 106 valence electrons. The van der Waals surface area contributed by atoms with E-state index >= 15 is 0 Å². The van der Waals surface area contributed by atoms with Gasteiger partial charge in [-0.2, -0.15) is 0 Å². The zero-order valence-electron chi connectivity index (χ0n) is 11.5. The highest BCUT2D eigenvalue weighted by Crippen LogP contribution is 2.23. The Balaban J connectivity index is 1.73. The highest BCUT2D eigenvalue weighted by atomic mass is 16.5. The van der Waals surface area contributed by atoms with Gasteiger partial charge in [-0.3, -0.25) is 0 Å². The number of carbonyl (C=O) groups is 1. The number of aromatic nitrogens is 2. The molecule has 0 radical (unpaired) electrons. The number of methoxy groups -OCH3 is 1. The SMILES string of the molecule is COC(=O)c1ccc(COc2ccnc3[nH]ccc23)cc1. The number of ether oxygens (including phenoxy) is 2. The minimum atomic E-state index is -0.342. The maximum atomic E-state index is 11.4. The van der Waals surface area contributed by atoms with Gasteiger partial charge in [-0.1, -0.05) is 12.1 Å². The van der Waals surface area contributed by atoms with Gasteiger partial charge in [-0.15, -0.1) is 0 Å². The Morgan fingerprint density at radius 1 is 1.19 bits per heavy atom. The van der Waals surface area contributed by atoms with Crippen LogP contribution in [0, 0.1) is 0 Å². The third-order valence-corrected chi connectivity index (χ3v) is 3.19. The van der Waals surface area contributed by atoms with E-state index in [9.17, 15) is 4.79 Å². The molecule has 0 amide bonds. The number of hydrogen-bond acceptors (Lipinski definition) is 4. The fourth-order valence-electron chi connectivity index (χ4n) is 2.08. The van der Waals surface area contributed by atoms with Crippen molar-refractivity contribution in [1.82, 2.24) is 9.97 Å². The van der Waals surface area contributed by atoms with Crippen molar-refractivity contribution in [3.05, 3.63) is 59.9 Å². The van der Waals surface area contributed by atoms with Crippen molar-refractivity contribution < 1.29 is 14.3 Å². The van der Waals surface area contributed by atoms with Crippen molar-refractivity contribution in [3.8, 4) is 5.75 Å². The summed E-state index contributed by atoms with van der Waals surface area (Å²) in [5.74, 6) is 0.434. The average Bonchev–Trinajstić information content (AvgIpc) is 3.02. The number of H-pyrrole nitrogens is 1. The molecular weight excluding hydrogens is 268 g/mol. The lowest BCUT2D eigenvalue weighted by Gasteiger charge is -2.07. The summed E-state index contributed by atoms with van der Waals surface area (Å²) in [5.41, 5.74) is 2.30. The van der Waals surface area contributed by atoms with Crippen molar-refractivity contribution in [2.24, 2.45) is 0 Å². The molecule has 0 aliphatic carbocycles. The molecule has 2 aromatic heterocycles. The summed E-state index contributed by atoms with van der Waals surface area (Å²) in [6, 6.07) is 10.9. The van der Waals surface area contributed by atoms with Gasteiger partial charge < -0.3 is 14.5 Å². The third-order valence-electron chi connectivity index (χ3n) is 3.19. The molecule has 0 saturated carbocycles. The molecule has 0 atom stereocenters. The van der Waals surface area contributed by atoms with Crippen LogP contribution < -0.4 is 4.74 Å². The Labute approximate surface area is 121 Å². The molecule has 0 fully saturated rings. The standard InChI is InChI=1S/C16H14N2O3/c1-20-16(19)12-4-2-11(3-5-12)10-21-14-7-9-18-15-13(14)6-8-17-15/h2-9H,10H2,1H3,(H,17,18). The van der Waals surface area contributed by atoms with E-state index in [0.717, 1.165) is 22.3 Å². The van der Waals surface area contributed by atoms with E-state index in [0.29, 0.717) is 12.2 Å².